The third-order valence-corrected chi connectivity index (χ3v) is 3.99. The first-order chi connectivity index (χ1) is 10.1. The van der Waals surface area contributed by atoms with E-state index in [0.29, 0.717) is 21.3 Å². The summed E-state index contributed by atoms with van der Waals surface area (Å²) in [5, 5.41) is 2.00. The molecule has 0 bridgehead atoms. The quantitative estimate of drug-likeness (QED) is 0.639. The van der Waals surface area contributed by atoms with Crippen LogP contribution in [0.2, 0.25) is 10.0 Å². The Balaban J connectivity index is 1.94. The number of Topliss-reactive ketones (excluding diaryl/α,β-unsaturated/α-hetero) is 1. The largest absolute Gasteiger partial charge is 0.292 e. The van der Waals surface area contributed by atoms with E-state index in [2.05, 4.69) is 4.98 Å². The zero-order valence-corrected chi connectivity index (χ0v) is 12.5. The van der Waals surface area contributed by atoms with Gasteiger partial charge in [-0.1, -0.05) is 53.5 Å². The zero-order chi connectivity index (χ0) is 14.8. The van der Waals surface area contributed by atoms with Crippen LogP contribution in [0.25, 0.3) is 10.9 Å². The van der Waals surface area contributed by atoms with E-state index < -0.39 is 0 Å². The summed E-state index contributed by atoms with van der Waals surface area (Å²) in [6.45, 7) is 0. The molecule has 1 aromatic heterocycles. The van der Waals surface area contributed by atoms with Crippen molar-refractivity contribution in [1.82, 2.24) is 4.98 Å². The summed E-state index contributed by atoms with van der Waals surface area (Å²) in [5.74, 6) is -0.101. The monoisotopic (exact) mass is 315 g/mol. The lowest BCUT2D eigenvalue weighted by Gasteiger charge is -2.06. The Hall–Kier alpha value is -1.90. The average Bonchev–Trinajstić information content (AvgIpc) is 2.50. The fourth-order valence-electron chi connectivity index (χ4n) is 2.17. The fraction of sp³-hybridized carbons (Fsp3) is 0.0588. The summed E-state index contributed by atoms with van der Waals surface area (Å²) in [7, 11) is 0. The third-order valence-electron chi connectivity index (χ3n) is 3.28. The van der Waals surface area contributed by atoms with Gasteiger partial charge >= 0.3 is 0 Å². The fourth-order valence-corrected chi connectivity index (χ4v) is 2.70. The van der Waals surface area contributed by atoms with Gasteiger partial charge in [0.2, 0.25) is 0 Å². The minimum atomic E-state index is -0.101. The van der Waals surface area contributed by atoms with Gasteiger partial charge in [0, 0.05) is 21.9 Å². The van der Waals surface area contributed by atoms with Crippen LogP contribution < -0.4 is 0 Å². The third kappa shape index (κ3) is 2.92. The second kappa shape index (κ2) is 5.84. The van der Waals surface area contributed by atoms with Gasteiger partial charge in [-0.25, -0.2) is 4.98 Å². The van der Waals surface area contributed by atoms with Crippen LogP contribution in [0.4, 0.5) is 0 Å². The Kier molecular flexibility index (Phi) is 3.91. The Bertz CT molecular complexity index is 810. The SMILES string of the molecule is O=C(Cc1c(Cl)cccc1Cl)c1ccc2ccccc2n1. The van der Waals surface area contributed by atoms with Crippen LogP contribution in [-0.4, -0.2) is 10.8 Å². The van der Waals surface area contributed by atoms with Gasteiger partial charge in [0.15, 0.2) is 5.78 Å². The molecular formula is C17H11Cl2NO. The van der Waals surface area contributed by atoms with Gasteiger partial charge in [0.1, 0.15) is 5.69 Å². The molecule has 0 saturated heterocycles. The maximum atomic E-state index is 12.4. The summed E-state index contributed by atoms with van der Waals surface area (Å²) in [6, 6.07) is 16.5. The standard InChI is InChI=1S/C17H11Cl2NO/c18-13-5-3-6-14(19)12(13)10-17(21)16-9-8-11-4-1-2-7-15(11)20-16/h1-9H,10H2. The van der Waals surface area contributed by atoms with Crippen LogP contribution in [0, 0.1) is 0 Å². The van der Waals surface area contributed by atoms with E-state index in [4.69, 9.17) is 23.2 Å². The number of hydrogen-bond donors (Lipinski definition) is 0. The van der Waals surface area contributed by atoms with Crippen molar-refractivity contribution >= 4 is 39.9 Å². The zero-order valence-electron chi connectivity index (χ0n) is 11.0. The number of halogens is 2. The molecule has 0 aliphatic heterocycles. The second-order valence-corrected chi connectivity index (χ2v) is 5.50. The molecular weight excluding hydrogens is 305 g/mol. The van der Waals surface area contributed by atoms with Crippen LogP contribution in [0.1, 0.15) is 16.1 Å². The molecule has 0 spiro atoms. The number of fused-ring (bicyclic) bond motifs is 1. The molecule has 0 unspecified atom stereocenters. The lowest BCUT2D eigenvalue weighted by Crippen LogP contribution is -2.07. The summed E-state index contributed by atoms with van der Waals surface area (Å²) < 4.78 is 0. The molecule has 4 heteroatoms. The number of carbonyl (C=O) groups is 1. The Morgan fingerprint density at radius 1 is 0.905 bits per heavy atom. The maximum absolute atomic E-state index is 12.4. The normalized spacial score (nSPS) is 10.8. The molecule has 0 amide bonds. The van der Waals surface area contributed by atoms with Crippen molar-refractivity contribution < 1.29 is 4.79 Å². The van der Waals surface area contributed by atoms with Crippen LogP contribution in [0.3, 0.4) is 0 Å². The van der Waals surface area contributed by atoms with Gasteiger partial charge in [-0.15, -0.1) is 0 Å². The predicted molar refractivity (Wildman–Crippen MR) is 86.2 cm³/mol. The molecule has 0 saturated carbocycles. The van der Waals surface area contributed by atoms with Crippen molar-refractivity contribution in [2.45, 2.75) is 6.42 Å². The smallest absolute Gasteiger partial charge is 0.185 e. The van der Waals surface area contributed by atoms with E-state index in [1.807, 2.05) is 30.3 Å². The van der Waals surface area contributed by atoms with Crippen molar-refractivity contribution in [3.05, 3.63) is 75.9 Å². The number of aromatic nitrogens is 1. The van der Waals surface area contributed by atoms with Gasteiger partial charge in [-0.2, -0.15) is 0 Å². The molecule has 2 nitrogen and oxygen atoms in total. The topological polar surface area (TPSA) is 30.0 Å². The molecule has 0 N–H and O–H groups in total. The first-order valence-corrected chi connectivity index (χ1v) is 7.22. The summed E-state index contributed by atoms with van der Waals surface area (Å²) >= 11 is 12.2. The predicted octanol–water partition coefficient (Wildman–Crippen LogP) is 4.97. The van der Waals surface area contributed by atoms with E-state index in [1.54, 1.807) is 24.3 Å². The molecule has 104 valence electrons. The maximum Gasteiger partial charge on any atom is 0.185 e. The molecule has 1 heterocycles. The van der Waals surface area contributed by atoms with Crippen LogP contribution in [-0.2, 0) is 6.42 Å². The average molecular weight is 316 g/mol. The first-order valence-electron chi connectivity index (χ1n) is 6.47. The molecule has 3 rings (SSSR count). The van der Waals surface area contributed by atoms with E-state index in [9.17, 15) is 4.79 Å². The highest BCUT2D eigenvalue weighted by Crippen LogP contribution is 2.25. The minimum absolute atomic E-state index is 0.101. The first kappa shape index (κ1) is 14.1. The summed E-state index contributed by atoms with van der Waals surface area (Å²) in [5.41, 5.74) is 1.86. The second-order valence-electron chi connectivity index (χ2n) is 4.69. The van der Waals surface area contributed by atoms with E-state index in [-0.39, 0.29) is 12.2 Å². The number of carbonyl (C=O) groups excluding carboxylic acids is 1. The van der Waals surface area contributed by atoms with Crippen LogP contribution >= 0.6 is 23.2 Å². The van der Waals surface area contributed by atoms with Gasteiger partial charge in [0.25, 0.3) is 0 Å². The minimum Gasteiger partial charge on any atom is -0.292 e. The number of ketones is 1. The number of nitrogens with zero attached hydrogens (tertiary/aromatic N) is 1. The van der Waals surface area contributed by atoms with E-state index in [1.165, 1.54) is 0 Å². The number of benzene rings is 2. The van der Waals surface area contributed by atoms with Gasteiger partial charge in [-0.3, -0.25) is 4.79 Å². The Morgan fingerprint density at radius 3 is 2.38 bits per heavy atom. The molecule has 2 aromatic carbocycles. The van der Waals surface area contributed by atoms with Gasteiger partial charge < -0.3 is 0 Å². The van der Waals surface area contributed by atoms with Gasteiger partial charge in [0.05, 0.1) is 5.52 Å². The lowest BCUT2D eigenvalue weighted by molar-refractivity contribution is 0.0988. The molecule has 0 atom stereocenters. The molecule has 0 fully saturated rings. The molecule has 0 radical (unpaired) electrons. The van der Waals surface area contributed by atoms with E-state index >= 15 is 0 Å². The van der Waals surface area contributed by atoms with Crippen molar-refractivity contribution in [1.29, 1.82) is 0 Å². The van der Waals surface area contributed by atoms with Crippen LogP contribution in [0.5, 0.6) is 0 Å². The molecule has 0 aliphatic rings. The summed E-state index contributed by atoms with van der Waals surface area (Å²) in [6.07, 6.45) is 0.143. The van der Waals surface area contributed by atoms with Gasteiger partial charge in [-0.05, 0) is 29.8 Å². The van der Waals surface area contributed by atoms with Crippen molar-refractivity contribution in [3.8, 4) is 0 Å². The van der Waals surface area contributed by atoms with E-state index in [0.717, 1.165) is 10.9 Å². The molecule has 21 heavy (non-hydrogen) atoms. The number of rotatable bonds is 3. The Morgan fingerprint density at radius 2 is 1.62 bits per heavy atom. The van der Waals surface area contributed by atoms with Crippen molar-refractivity contribution in [2.75, 3.05) is 0 Å². The lowest BCUT2D eigenvalue weighted by atomic mass is 10.1. The molecule has 3 aromatic rings. The number of hydrogen-bond acceptors (Lipinski definition) is 2. The highest BCUT2D eigenvalue weighted by molar-refractivity contribution is 6.36. The van der Waals surface area contributed by atoms with Crippen molar-refractivity contribution in [3.63, 3.8) is 0 Å². The Labute approximate surface area is 132 Å². The number of pyridine rings is 1. The highest BCUT2D eigenvalue weighted by Gasteiger charge is 2.14. The highest BCUT2D eigenvalue weighted by atomic mass is 35.5. The summed E-state index contributed by atoms with van der Waals surface area (Å²) in [4.78, 5) is 16.8. The molecule has 0 aliphatic carbocycles. The van der Waals surface area contributed by atoms with Crippen LogP contribution in [0.15, 0.2) is 54.6 Å². The van der Waals surface area contributed by atoms with Crippen molar-refractivity contribution in [2.24, 2.45) is 0 Å². The number of para-hydroxylation sites is 1.